The number of amides is 1. The van der Waals surface area contributed by atoms with Crippen molar-refractivity contribution in [2.24, 2.45) is 0 Å². The van der Waals surface area contributed by atoms with E-state index < -0.39 is 6.36 Å². The summed E-state index contributed by atoms with van der Waals surface area (Å²) in [7, 11) is 0. The minimum Gasteiger partial charge on any atom is -0.406 e. The molecule has 3 aromatic carbocycles. The van der Waals surface area contributed by atoms with Gasteiger partial charge in [-0.3, -0.25) is 9.69 Å². The maximum atomic E-state index is 12.8. The Morgan fingerprint density at radius 2 is 1.64 bits per heavy atom. The lowest BCUT2D eigenvalue weighted by Gasteiger charge is -2.29. The summed E-state index contributed by atoms with van der Waals surface area (Å²) >= 11 is 6.16. The van der Waals surface area contributed by atoms with Gasteiger partial charge in [0.1, 0.15) is 5.75 Å². The van der Waals surface area contributed by atoms with Crippen molar-refractivity contribution in [3.05, 3.63) is 94.5 Å². The number of hydrogen-bond acceptors (Lipinski definition) is 4. The lowest BCUT2D eigenvalue weighted by molar-refractivity contribution is -0.274. The number of nitrogens with one attached hydrogen (secondary N) is 2. The molecule has 1 saturated heterocycles. The van der Waals surface area contributed by atoms with E-state index in [0.717, 1.165) is 54.9 Å². The molecule has 1 heterocycles. The summed E-state index contributed by atoms with van der Waals surface area (Å²) in [6, 6.07) is 21.1. The second kappa shape index (κ2) is 13.2. The molecule has 3 aromatic rings. The second-order valence-corrected chi connectivity index (χ2v) is 10.2. The molecule has 39 heavy (non-hydrogen) atoms. The molecule has 1 fully saturated rings. The third-order valence-corrected chi connectivity index (χ3v) is 7.04. The molecule has 208 valence electrons. The fourth-order valence-electron chi connectivity index (χ4n) is 4.87. The normalized spacial score (nSPS) is 16.6. The predicted molar refractivity (Wildman–Crippen MR) is 148 cm³/mol. The molecule has 0 radical (unpaired) electrons. The van der Waals surface area contributed by atoms with E-state index >= 15 is 0 Å². The van der Waals surface area contributed by atoms with Gasteiger partial charge >= 0.3 is 6.36 Å². The van der Waals surface area contributed by atoms with Gasteiger partial charge in [0.2, 0.25) is 0 Å². The van der Waals surface area contributed by atoms with Crippen LogP contribution in [0.5, 0.6) is 5.75 Å². The van der Waals surface area contributed by atoms with Crippen molar-refractivity contribution in [2.75, 3.05) is 25.0 Å². The summed E-state index contributed by atoms with van der Waals surface area (Å²) in [5, 5.41) is 7.18. The number of anilines is 1. The summed E-state index contributed by atoms with van der Waals surface area (Å²) in [6.45, 7) is 4.53. The number of hydrogen-bond donors (Lipinski definition) is 2. The van der Waals surface area contributed by atoms with Crippen LogP contribution in [0.4, 0.5) is 18.9 Å². The van der Waals surface area contributed by atoms with Crippen LogP contribution in [-0.4, -0.2) is 42.8 Å². The number of halogens is 4. The highest BCUT2D eigenvalue weighted by molar-refractivity contribution is 6.30. The average molecular weight is 560 g/mol. The number of unbranched alkanes of at least 4 members (excludes halogenated alkanes) is 2. The molecule has 0 spiro atoms. The van der Waals surface area contributed by atoms with E-state index in [1.807, 2.05) is 24.3 Å². The van der Waals surface area contributed by atoms with Crippen molar-refractivity contribution >= 4 is 23.2 Å². The van der Waals surface area contributed by atoms with Gasteiger partial charge in [-0.1, -0.05) is 55.6 Å². The molecule has 1 amide bonds. The summed E-state index contributed by atoms with van der Waals surface area (Å²) in [5.41, 5.74) is 3.61. The van der Waals surface area contributed by atoms with Gasteiger partial charge in [-0.05, 0) is 72.5 Å². The molecular weight excluding hydrogens is 527 g/mol. The van der Waals surface area contributed by atoms with Gasteiger partial charge in [-0.2, -0.15) is 0 Å². The first-order valence-electron chi connectivity index (χ1n) is 13.2. The van der Waals surface area contributed by atoms with Crippen molar-refractivity contribution in [3.63, 3.8) is 0 Å². The lowest BCUT2D eigenvalue weighted by atomic mass is 9.97. The molecule has 5 nitrogen and oxygen atoms in total. The first-order valence-corrected chi connectivity index (χ1v) is 13.6. The molecule has 9 heteroatoms. The number of ether oxygens (including phenoxy) is 1. The van der Waals surface area contributed by atoms with Crippen LogP contribution in [0.15, 0.2) is 72.8 Å². The zero-order valence-corrected chi connectivity index (χ0v) is 22.6. The Morgan fingerprint density at radius 1 is 1.00 bits per heavy atom. The Bertz CT molecular complexity index is 1200. The number of likely N-dealkylation sites (tertiary alicyclic amines) is 1. The molecule has 2 atom stereocenters. The van der Waals surface area contributed by atoms with Crippen LogP contribution < -0.4 is 15.4 Å². The van der Waals surface area contributed by atoms with Crippen molar-refractivity contribution in [1.82, 2.24) is 10.2 Å². The molecule has 0 bridgehead atoms. The van der Waals surface area contributed by atoms with Crippen LogP contribution in [0.3, 0.4) is 0 Å². The largest absolute Gasteiger partial charge is 0.573 e. The highest BCUT2D eigenvalue weighted by Crippen LogP contribution is 2.33. The number of benzene rings is 3. The highest BCUT2D eigenvalue weighted by Gasteiger charge is 2.32. The predicted octanol–water partition coefficient (Wildman–Crippen LogP) is 7.43. The number of alkyl halides is 3. The summed E-state index contributed by atoms with van der Waals surface area (Å²) in [5.74, 6) is -0.693. The second-order valence-electron chi connectivity index (χ2n) is 9.74. The quantitative estimate of drug-likeness (QED) is 0.240. The van der Waals surface area contributed by atoms with Gasteiger partial charge in [0, 0.05) is 41.9 Å². The molecule has 0 saturated carbocycles. The zero-order chi connectivity index (χ0) is 27.8. The number of carbonyl (C=O) groups is 1. The molecule has 1 aliphatic rings. The van der Waals surface area contributed by atoms with Crippen molar-refractivity contribution in [1.29, 1.82) is 0 Å². The Labute approximate surface area is 232 Å². The first kappa shape index (κ1) is 28.8. The molecule has 0 aromatic heterocycles. The smallest absolute Gasteiger partial charge is 0.406 e. The fourth-order valence-corrected chi connectivity index (χ4v) is 4.99. The van der Waals surface area contributed by atoms with Crippen LogP contribution >= 0.6 is 11.6 Å². The minimum absolute atomic E-state index is 0.0166. The lowest BCUT2D eigenvalue weighted by Crippen LogP contribution is -2.38. The molecule has 0 aliphatic carbocycles. The van der Waals surface area contributed by atoms with Crippen LogP contribution in [0.25, 0.3) is 0 Å². The maximum Gasteiger partial charge on any atom is 0.573 e. The van der Waals surface area contributed by atoms with E-state index in [1.54, 1.807) is 0 Å². The van der Waals surface area contributed by atoms with Crippen LogP contribution in [0.2, 0.25) is 5.02 Å². The van der Waals surface area contributed by atoms with Gasteiger partial charge in [0.15, 0.2) is 0 Å². The van der Waals surface area contributed by atoms with E-state index in [4.69, 9.17) is 11.6 Å². The molecular formula is C30H33ClF3N3O2. The summed E-state index contributed by atoms with van der Waals surface area (Å²) < 4.78 is 41.1. The molecule has 1 unspecified atom stereocenters. The van der Waals surface area contributed by atoms with Crippen molar-refractivity contribution in [2.45, 2.75) is 51.1 Å². The minimum atomic E-state index is -4.77. The first-order chi connectivity index (χ1) is 18.7. The Hall–Kier alpha value is -3.23. The van der Waals surface area contributed by atoms with E-state index in [9.17, 15) is 18.0 Å². The molecule has 1 aliphatic heterocycles. The fraction of sp³-hybridized carbons (Fsp3) is 0.367. The van der Waals surface area contributed by atoms with Crippen LogP contribution in [0.1, 0.15) is 60.1 Å². The Kier molecular flexibility index (Phi) is 9.75. The average Bonchev–Trinajstić information content (AvgIpc) is 3.36. The van der Waals surface area contributed by atoms with E-state index in [2.05, 4.69) is 51.5 Å². The molecule has 2 N–H and O–H groups in total. The molecule has 4 rings (SSSR count). The van der Waals surface area contributed by atoms with Crippen LogP contribution in [-0.2, 0) is 0 Å². The Balaban J connectivity index is 1.43. The monoisotopic (exact) mass is 559 g/mol. The van der Waals surface area contributed by atoms with Gasteiger partial charge in [-0.15, -0.1) is 13.2 Å². The van der Waals surface area contributed by atoms with Crippen molar-refractivity contribution < 1.29 is 22.7 Å². The number of carbonyl (C=O) groups excluding carboxylic acids is 1. The van der Waals surface area contributed by atoms with Gasteiger partial charge in [0.05, 0.1) is 6.04 Å². The Morgan fingerprint density at radius 3 is 2.26 bits per heavy atom. The summed E-state index contributed by atoms with van der Waals surface area (Å²) in [6.07, 6.45) is -0.499. The van der Waals surface area contributed by atoms with Crippen LogP contribution in [0, 0.1) is 0 Å². The van der Waals surface area contributed by atoms with E-state index in [-0.39, 0.29) is 29.3 Å². The number of rotatable bonds is 11. The third-order valence-electron chi connectivity index (χ3n) is 6.79. The van der Waals surface area contributed by atoms with Crippen molar-refractivity contribution in [3.8, 4) is 5.75 Å². The van der Waals surface area contributed by atoms with Gasteiger partial charge < -0.3 is 15.4 Å². The SMILES string of the molecule is CCCCCNc1ccc(C(c2ccc(Cl)cc2)N2CC[C@@H](NC(=O)c3ccc(OC(F)(F)F)cc3)C2)cc1. The summed E-state index contributed by atoms with van der Waals surface area (Å²) in [4.78, 5) is 15.1. The van der Waals surface area contributed by atoms with E-state index in [1.165, 1.54) is 25.0 Å². The topological polar surface area (TPSA) is 53.6 Å². The van der Waals surface area contributed by atoms with E-state index in [0.29, 0.717) is 11.6 Å². The van der Waals surface area contributed by atoms with Gasteiger partial charge in [0.25, 0.3) is 5.91 Å². The maximum absolute atomic E-state index is 12.8. The third kappa shape index (κ3) is 8.38. The zero-order valence-electron chi connectivity index (χ0n) is 21.8. The van der Waals surface area contributed by atoms with Gasteiger partial charge in [-0.25, -0.2) is 0 Å². The number of nitrogens with zero attached hydrogens (tertiary/aromatic N) is 1. The highest BCUT2D eigenvalue weighted by atomic mass is 35.5. The standard InChI is InChI=1S/C30H33ClF3N3O2/c1-2-3-4-18-35-25-13-7-22(8-14-25)28(21-5-11-24(31)12-6-21)37-19-17-26(20-37)36-29(38)23-9-15-27(16-10-23)39-30(32,33)34/h5-16,26,28,35H,2-4,17-20H2,1H3,(H,36,38)/t26-,28?/m1/s1.